The molecule has 0 aliphatic heterocycles. The van der Waals surface area contributed by atoms with Gasteiger partial charge in [0.1, 0.15) is 0 Å². The Morgan fingerprint density at radius 3 is 2.76 bits per heavy atom. The molecular weight excluding hydrogens is 284 g/mol. The summed E-state index contributed by atoms with van der Waals surface area (Å²) >= 11 is 1.39. The van der Waals surface area contributed by atoms with Crippen LogP contribution in [0.15, 0.2) is 23.4 Å². The molecule has 0 saturated heterocycles. The number of aryl methyl sites for hydroxylation is 2. The van der Waals surface area contributed by atoms with Crippen LogP contribution >= 0.6 is 11.8 Å². The number of carbonyl (C=O) groups excluding carboxylic acids is 1. The predicted molar refractivity (Wildman–Crippen MR) is 83.6 cm³/mol. The Labute approximate surface area is 129 Å². The zero-order chi connectivity index (χ0) is 15.4. The summed E-state index contributed by atoms with van der Waals surface area (Å²) in [6.45, 7) is 8.96. The fourth-order valence-electron chi connectivity index (χ4n) is 2.09. The highest BCUT2D eigenvalue weighted by atomic mass is 32.2. The van der Waals surface area contributed by atoms with Crippen molar-refractivity contribution >= 4 is 17.5 Å². The Balaban J connectivity index is 2.03. The van der Waals surface area contributed by atoms with Gasteiger partial charge in [-0.05, 0) is 35.8 Å². The summed E-state index contributed by atoms with van der Waals surface area (Å²) in [5.74, 6) is 0.919. The van der Waals surface area contributed by atoms with Crippen molar-refractivity contribution in [1.29, 1.82) is 0 Å². The van der Waals surface area contributed by atoms with Crippen LogP contribution in [0.2, 0.25) is 0 Å². The number of hydrogen-bond donors (Lipinski definition) is 0. The van der Waals surface area contributed by atoms with Gasteiger partial charge in [-0.3, -0.25) is 4.79 Å². The lowest BCUT2D eigenvalue weighted by Gasteiger charge is -2.07. The SMILES string of the molecule is Cc1ccc(C(=O)CSc2nnnn2CC(C)C)c(C)c1. The number of benzene rings is 1. The normalized spacial score (nSPS) is 11.1. The van der Waals surface area contributed by atoms with Crippen LogP contribution in [0.3, 0.4) is 0 Å². The summed E-state index contributed by atoms with van der Waals surface area (Å²) in [5, 5.41) is 12.3. The molecule has 0 radical (unpaired) electrons. The minimum Gasteiger partial charge on any atom is -0.293 e. The number of tetrazole rings is 1. The largest absolute Gasteiger partial charge is 0.293 e. The molecule has 1 aromatic carbocycles. The maximum atomic E-state index is 12.3. The monoisotopic (exact) mass is 304 g/mol. The zero-order valence-corrected chi connectivity index (χ0v) is 13.6. The molecule has 21 heavy (non-hydrogen) atoms. The Kier molecular flexibility index (Phi) is 5.12. The summed E-state index contributed by atoms with van der Waals surface area (Å²) in [7, 11) is 0. The van der Waals surface area contributed by atoms with Gasteiger partial charge in [0.05, 0.1) is 5.75 Å². The van der Waals surface area contributed by atoms with Gasteiger partial charge in [0.2, 0.25) is 5.16 Å². The van der Waals surface area contributed by atoms with Crippen LogP contribution in [0, 0.1) is 19.8 Å². The van der Waals surface area contributed by atoms with Crippen LogP contribution in [0.1, 0.15) is 35.3 Å². The van der Waals surface area contributed by atoms with Crippen molar-refractivity contribution in [3.05, 3.63) is 34.9 Å². The molecule has 0 amide bonds. The summed E-state index contributed by atoms with van der Waals surface area (Å²) in [5.41, 5.74) is 2.95. The molecular formula is C15H20N4OS. The topological polar surface area (TPSA) is 60.7 Å². The highest BCUT2D eigenvalue weighted by molar-refractivity contribution is 7.99. The Bertz CT molecular complexity index is 636. The van der Waals surface area contributed by atoms with Crippen LogP contribution in [0.5, 0.6) is 0 Å². The number of aromatic nitrogens is 4. The van der Waals surface area contributed by atoms with Crippen molar-refractivity contribution in [2.45, 2.75) is 39.4 Å². The van der Waals surface area contributed by atoms with Crippen molar-refractivity contribution < 1.29 is 4.79 Å². The van der Waals surface area contributed by atoms with E-state index >= 15 is 0 Å². The van der Waals surface area contributed by atoms with Gasteiger partial charge < -0.3 is 0 Å². The van der Waals surface area contributed by atoms with E-state index in [9.17, 15) is 4.79 Å². The van der Waals surface area contributed by atoms with Crippen molar-refractivity contribution in [2.75, 3.05) is 5.75 Å². The third-order valence-corrected chi connectivity index (χ3v) is 4.01. The molecule has 0 atom stereocenters. The van der Waals surface area contributed by atoms with Crippen LogP contribution in [-0.4, -0.2) is 31.7 Å². The number of thioether (sulfide) groups is 1. The second-order valence-electron chi connectivity index (χ2n) is 5.57. The summed E-state index contributed by atoms with van der Waals surface area (Å²) in [4.78, 5) is 12.3. The fraction of sp³-hybridized carbons (Fsp3) is 0.467. The highest BCUT2D eigenvalue weighted by Gasteiger charge is 2.13. The van der Waals surface area contributed by atoms with Crippen LogP contribution in [0.4, 0.5) is 0 Å². The van der Waals surface area contributed by atoms with Gasteiger partial charge in [-0.1, -0.05) is 49.4 Å². The number of rotatable bonds is 6. The summed E-state index contributed by atoms with van der Waals surface area (Å²) in [6.07, 6.45) is 0. The number of nitrogens with zero attached hydrogens (tertiary/aromatic N) is 4. The molecule has 0 aliphatic rings. The fourth-order valence-corrected chi connectivity index (χ4v) is 2.86. The van der Waals surface area contributed by atoms with E-state index in [2.05, 4.69) is 29.4 Å². The first-order valence-electron chi connectivity index (χ1n) is 6.96. The molecule has 0 unspecified atom stereocenters. The van der Waals surface area contributed by atoms with E-state index in [1.807, 2.05) is 32.0 Å². The molecule has 0 bridgehead atoms. The maximum absolute atomic E-state index is 12.3. The number of hydrogen-bond acceptors (Lipinski definition) is 5. The average Bonchev–Trinajstić information content (AvgIpc) is 2.82. The molecule has 5 nitrogen and oxygen atoms in total. The first-order valence-corrected chi connectivity index (χ1v) is 7.95. The van der Waals surface area contributed by atoms with Crippen molar-refractivity contribution in [2.24, 2.45) is 5.92 Å². The van der Waals surface area contributed by atoms with Gasteiger partial charge in [-0.25, -0.2) is 4.68 Å². The van der Waals surface area contributed by atoms with Gasteiger partial charge in [-0.2, -0.15) is 0 Å². The number of ketones is 1. The molecule has 2 rings (SSSR count). The van der Waals surface area contributed by atoms with Crippen molar-refractivity contribution in [1.82, 2.24) is 20.2 Å². The number of Topliss-reactive ketones (excluding diaryl/α,β-unsaturated/α-hetero) is 1. The van der Waals surface area contributed by atoms with Crippen LogP contribution in [-0.2, 0) is 6.54 Å². The smallest absolute Gasteiger partial charge is 0.209 e. The van der Waals surface area contributed by atoms with E-state index in [-0.39, 0.29) is 5.78 Å². The predicted octanol–water partition coefficient (Wildman–Crippen LogP) is 2.92. The van der Waals surface area contributed by atoms with Crippen molar-refractivity contribution in [3.63, 3.8) is 0 Å². The molecule has 0 fully saturated rings. The number of carbonyl (C=O) groups is 1. The Morgan fingerprint density at radius 1 is 1.33 bits per heavy atom. The van der Waals surface area contributed by atoms with E-state index < -0.39 is 0 Å². The molecule has 0 aliphatic carbocycles. The van der Waals surface area contributed by atoms with E-state index in [1.54, 1.807) is 4.68 Å². The molecule has 2 aromatic rings. The average molecular weight is 304 g/mol. The van der Waals surface area contributed by atoms with E-state index in [0.717, 1.165) is 23.2 Å². The quantitative estimate of drug-likeness (QED) is 0.606. The first-order chi connectivity index (χ1) is 9.97. The maximum Gasteiger partial charge on any atom is 0.209 e. The lowest BCUT2D eigenvalue weighted by Crippen LogP contribution is -2.10. The minimum absolute atomic E-state index is 0.108. The molecule has 0 saturated carbocycles. The molecule has 1 aromatic heterocycles. The Hall–Kier alpha value is -1.69. The second kappa shape index (κ2) is 6.85. The van der Waals surface area contributed by atoms with Crippen LogP contribution in [0.25, 0.3) is 0 Å². The molecule has 1 heterocycles. The molecule has 112 valence electrons. The Morgan fingerprint density at radius 2 is 2.10 bits per heavy atom. The molecule has 6 heteroatoms. The molecule has 0 N–H and O–H groups in total. The summed E-state index contributed by atoms with van der Waals surface area (Å²) < 4.78 is 1.75. The third kappa shape index (κ3) is 4.14. The summed E-state index contributed by atoms with van der Waals surface area (Å²) in [6, 6.07) is 5.89. The lowest BCUT2D eigenvalue weighted by atomic mass is 10.0. The minimum atomic E-state index is 0.108. The van der Waals surface area contributed by atoms with Gasteiger partial charge in [0, 0.05) is 12.1 Å². The highest BCUT2D eigenvalue weighted by Crippen LogP contribution is 2.19. The van der Waals surface area contributed by atoms with Gasteiger partial charge in [0.25, 0.3) is 0 Å². The van der Waals surface area contributed by atoms with Gasteiger partial charge in [-0.15, -0.1) is 5.10 Å². The van der Waals surface area contributed by atoms with E-state index in [0.29, 0.717) is 16.8 Å². The van der Waals surface area contributed by atoms with E-state index in [1.165, 1.54) is 11.8 Å². The standard InChI is InChI=1S/C15H20N4OS/c1-10(2)8-19-15(16-17-18-19)21-9-14(20)13-6-5-11(3)7-12(13)4/h5-7,10H,8-9H2,1-4H3. The zero-order valence-electron chi connectivity index (χ0n) is 12.8. The first kappa shape index (κ1) is 15.7. The van der Waals surface area contributed by atoms with Crippen molar-refractivity contribution in [3.8, 4) is 0 Å². The van der Waals surface area contributed by atoms with Gasteiger partial charge >= 0.3 is 0 Å². The van der Waals surface area contributed by atoms with Crippen LogP contribution < -0.4 is 0 Å². The molecule has 0 spiro atoms. The van der Waals surface area contributed by atoms with E-state index in [4.69, 9.17) is 0 Å². The third-order valence-electron chi connectivity index (χ3n) is 3.05. The second-order valence-corrected chi connectivity index (χ2v) is 6.51. The lowest BCUT2D eigenvalue weighted by molar-refractivity contribution is 0.102. The van der Waals surface area contributed by atoms with Gasteiger partial charge in [0.15, 0.2) is 5.78 Å².